The molecule has 138 valence electrons. The van der Waals surface area contributed by atoms with Crippen molar-refractivity contribution in [1.82, 2.24) is 0 Å². The molecule has 0 spiro atoms. The van der Waals surface area contributed by atoms with Gasteiger partial charge < -0.3 is 24.3 Å². The third-order valence-electron chi connectivity index (χ3n) is 4.55. The van der Waals surface area contributed by atoms with E-state index >= 15 is 0 Å². The molecule has 1 aliphatic heterocycles. The number of hydrogen-bond donors (Lipinski definition) is 1. The summed E-state index contributed by atoms with van der Waals surface area (Å²) in [5, 5.41) is 3.35. The zero-order valence-electron chi connectivity index (χ0n) is 15.5. The summed E-state index contributed by atoms with van der Waals surface area (Å²) in [7, 11) is 6.22. The maximum absolute atomic E-state index is 13.4. The van der Waals surface area contributed by atoms with Gasteiger partial charge in [0.05, 0.1) is 39.7 Å². The summed E-state index contributed by atoms with van der Waals surface area (Å²) >= 11 is 0. The minimum Gasteiger partial charge on any atom is -0.493 e. The first-order valence-corrected chi connectivity index (χ1v) is 8.43. The minimum absolute atomic E-state index is 0.160. The highest BCUT2D eigenvalue weighted by atomic mass is 16.5. The van der Waals surface area contributed by atoms with Crippen LogP contribution in [0.25, 0.3) is 0 Å². The molecule has 0 radical (unpaired) electrons. The molecule has 2 aromatic carbocycles. The zero-order chi connectivity index (χ0) is 18.7. The number of hydrogen-bond acceptors (Lipinski definition) is 6. The van der Waals surface area contributed by atoms with Gasteiger partial charge in [0.15, 0.2) is 28.8 Å². The predicted molar refractivity (Wildman–Crippen MR) is 99.3 cm³/mol. The molecule has 1 heterocycles. The molecular formula is C20H23NO5. The van der Waals surface area contributed by atoms with Crippen LogP contribution in [0.1, 0.15) is 27.9 Å². The number of benzene rings is 2. The van der Waals surface area contributed by atoms with Crippen LogP contribution < -0.4 is 24.3 Å². The van der Waals surface area contributed by atoms with Gasteiger partial charge in [-0.2, -0.15) is 0 Å². The van der Waals surface area contributed by atoms with Crippen molar-refractivity contribution in [3.63, 3.8) is 0 Å². The van der Waals surface area contributed by atoms with Crippen molar-refractivity contribution in [2.45, 2.75) is 12.8 Å². The van der Waals surface area contributed by atoms with E-state index in [0.29, 0.717) is 34.1 Å². The molecule has 0 fully saturated rings. The first kappa shape index (κ1) is 17.9. The molecule has 6 nitrogen and oxygen atoms in total. The standard InChI is InChI=1S/C20H23NO5/c1-23-14-8-7-13(11-15(14)24-2)19(22)17-18-12(6-5-9-21-18)10-16(25-3)20(17)26-4/h7-8,10-11,21H,5-6,9H2,1-4H3. The molecule has 0 saturated carbocycles. The number of ketones is 1. The van der Waals surface area contributed by atoms with E-state index in [9.17, 15) is 4.79 Å². The Kier molecular flexibility index (Phi) is 5.21. The van der Waals surface area contributed by atoms with Crippen molar-refractivity contribution in [3.05, 3.63) is 41.0 Å². The molecule has 0 saturated heterocycles. The fourth-order valence-corrected chi connectivity index (χ4v) is 3.28. The van der Waals surface area contributed by atoms with Crippen molar-refractivity contribution < 1.29 is 23.7 Å². The largest absolute Gasteiger partial charge is 0.493 e. The summed E-state index contributed by atoms with van der Waals surface area (Å²) in [4.78, 5) is 13.4. The van der Waals surface area contributed by atoms with Crippen LogP contribution in [0, 0.1) is 0 Å². The van der Waals surface area contributed by atoms with Crippen molar-refractivity contribution in [2.75, 3.05) is 40.3 Å². The number of aryl methyl sites for hydroxylation is 1. The van der Waals surface area contributed by atoms with Crippen LogP contribution in [0.15, 0.2) is 24.3 Å². The maximum atomic E-state index is 13.4. The van der Waals surface area contributed by atoms with Crippen LogP contribution in [0.3, 0.4) is 0 Å². The Balaban J connectivity index is 2.17. The van der Waals surface area contributed by atoms with E-state index in [-0.39, 0.29) is 5.78 Å². The van der Waals surface area contributed by atoms with Gasteiger partial charge in [0.25, 0.3) is 0 Å². The molecule has 0 bridgehead atoms. The number of anilines is 1. The fourth-order valence-electron chi connectivity index (χ4n) is 3.28. The average Bonchev–Trinajstić information content (AvgIpc) is 2.70. The number of fused-ring (bicyclic) bond motifs is 1. The second-order valence-corrected chi connectivity index (χ2v) is 5.95. The van der Waals surface area contributed by atoms with E-state index < -0.39 is 0 Å². The Bertz CT molecular complexity index is 817. The van der Waals surface area contributed by atoms with Crippen molar-refractivity contribution in [3.8, 4) is 23.0 Å². The van der Waals surface area contributed by atoms with Gasteiger partial charge in [0.1, 0.15) is 0 Å². The Hall–Kier alpha value is -2.89. The molecule has 0 aliphatic carbocycles. The van der Waals surface area contributed by atoms with Gasteiger partial charge in [-0.25, -0.2) is 0 Å². The van der Waals surface area contributed by atoms with Crippen LogP contribution in [0.5, 0.6) is 23.0 Å². The first-order chi connectivity index (χ1) is 12.6. The normalized spacial score (nSPS) is 12.6. The summed E-state index contributed by atoms with van der Waals surface area (Å²) < 4.78 is 21.6. The van der Waals surface area contributed by atoms with Gasteiger partial charge in [-0.05, 0) is 42.7 Å². The zero-order valence-corrected chi connectivity index (χ0v) is 15.5. The lowest BCUT2D eigenvalue weighted by molar-refractivity contribution is 0.103. The highest BCUT2D eigenvalue weighted by molar-refractivity contribution is 6.15. The van der Waals surface area contributed by atoms with Gasteiger partial charge in [-0.3, -0.25) is 4.79 Å². The molecule has 0 aromatic heterocycles. The van der Waals surface area contributed by atoms with Gasteiger partial charge in [-0.1, -0.05) is 0 Å². The van der Waals surface area contributed by atoms with Crippen molar-refractivity contribution in [1.29, 1.82) is 0 Å². The summed E-state index contributed by atoms with van der Waals surface area (Å²) in [6.45, 7) is 0.814. The maximum Gasteiger partial charge on any atom is 0.199 e. The second kappa shape index (κ2) is 7.56. The molecule has 2 aromatic rings. The molecule has 6 heteroatoms. The number of rotatable bonds is 6. The van der Waals surface area contributed by atoms with Crippen LogP contribution in [0.2, 0.25) is 0 Å². The summed E-state index contributed by atoms with van der Waals surface area (Å²) in [6.07, 6.45) is 1.89. The highest BCUT2D eigenvalue weighted by Gasteiger charge is 2.27. The Morgan fingerprint density at radius 1 is 0.923 bits per heavy atom. The SMILES string of the molecule is COc1ccc(C(=O)c2c3c(cc(OC)c2OC)CCCN3)cc1OC. The fraction of sp³-hybridized carbons (Fsp3) is 0.350. The Morgan fingerprint density at radius 2 is 1.65 bits per heavy atom. The van der Waals surface area contributed by atoms with Gasteiger partial charge in [0, 0.05) is 12.1 Å². The molecule has 1 aliphatic rings. The molecule has 0 amide bonds. The molecule has 1 N–H and O–H groups in total. The highest BCUT2D eigenvalue weighted by Crippen LogP contribution is 2.42. The third-order valence-corrected chi connectivity index (χ3v) is 4.55. The van der Waals surface area contributed by atoms with E-state index in [1.165, 1.54) is 0 Å². The third kappa shape index (κ3) is 3.03. The van der Waals surface area contributed by atoms with E-state index in [0.717, 1.165) is 30.6 Å². The van der Waals surface area contributed by atoms with E-state index in [1.807, 2.05) is 6.07 Å². The lowest BCUT2D eigenvalue weighted by atomic mass is 9.93. The Morgan fingerprint density at radius 3 is 2.31 bits per heavy atom. The topological polar surface area (TPSA) is 66.0 Å². The van der Waals surface area contributed by atoms with E-state index in [4.69, 9.17) is 18.9 Å². The van der Waals surface area contributed by atoms with Crippen LogP contribution >= 0.6 is 0 Å². The number of carbonyl (C=O) groups is 1. The number of carbonyl (C=O) groups excluding carboxylic acids is 1. The summed E-state index contributed by atoms with van der Waals surface area (Å²) in [6, 6.07) is 7.05. The smallest absolute Gasteiger partial charge is 0.199 e. The molecule has 3 rings (SSSR count). The van der Waals surface area contributed by atoms with E-state index in [1.54, 1.807) is 46.6 Å². The number of methoxy groups -OCH3 is 4. The number of nitrogens with one attached hydrogen (secondary N) is 1. The average molecular weight is 357 g/mol. The second-order valence-electron chi connectivity index (χ2n) is 5.95. The summed E-state index contributed by atoms with van der Waals surface area (Å²) in [5.41, 5.74) is 2.84. The summed E-state index contributed by atoms with van der Waals surface area (Å²) in [5.74, 6) is 1.90. The first-order valence-electron chi connectivity index (χ1n) is 8.43. The van der Waals surface area contributed by atoms with Crippen molar-refractivity contribution in [2.24, 2.45) is 0 Å². The Labute approximate surface area is 153 Å². The van der Waals surface area contributed by atoms with Crippen LogP contribution in [-0.4, -0.2) is 40.8 Å². The molecular weight excluding hydrogens is 334 g/mol. The molecule has 0 unspecified atom stereocenters. The van der Waals surface area contributed by atoms with Crippen LogP contribution in [0.4, 0.5) is 5.69 Å². The van der Waals surface area contributed by atoms with Gasteiger partial charge >= 0.3 is 0 Å². The number of ether oxygens (including phenoxy) is 4. The van der Waals surface area contributed by atoms with E-state index in [2.05, 4.69) is 5.32 Å². The minimum atomic E-state index is -0.160. The van der Waals surface area contributed by atoms with Crippen LogP contribution in [-0.2, 0) is 6.42 Å². The lowest BCUT2D eigenvalue weighted by Crippen LogP contribution is -2.18. The monoisotopic (exact) mass is 357 g/mol. The predicted octanol–water partition coefficient (Wildman–Crippen LogP) is 3.31. The quantitative estimate of drug-likeness (QED) is 0.800. The lowest BCUT2D eigenvalue weighted by Gasteiger charge is -2.24. The van der Waals surface area contributed by atoms with Crippen molar-refractivity contribution >= 4 is 11.5 Å². The van der Waals surface area contributed by atoms with Gasteiger partial charge in [0.2, 0.25) is 0 Å². The van der Waals surface area contributed by atoms with Gasteiger partial charge in [-0.15, -0.1) is 0 Å². The molecule has 0 atom stereocenters. The molecule has 26 heavy (non-hydrogen) atoms.